The molecule has 6 rings (SSSR count). The second-order valence-corrected chi connectivity index (χ2v) is 15.7. The predicted octanol–water partition coefficient (Wildman–Crippen LogP) is 12.4. The third kappa shape index (κ3) is 8.06. The van der Waals surface area contributed by atoms with Gasteiger partial charge >= 0.3 is 0 Å². The first-order valence-electron chi connectivity index (χ1n) is 18.5. The zero-order chi connectivity index (χ0) is 36.4. The van der Waals surface area contributed by atoms with Gasteiger partial charge in [0.25, 0.3) is 0 Å². The van der Waals surface area contributed by atoms with E-state index in [0.29, 0.717) is 11.3 Å². The minimum absolute atomic E-state index is 0. The Hall–Kier alpha value is -3.66. The fraction of sp³-hybridized carbons (Fsp3) is 0.413. The van der Waals surface area contributed by atoms with E-state index in [2.05, 4.69) is 107 Å². The summed E-state index contributed by atoms with van der Waals surface area (Å²) in [5.74, 6) is 0.631. The molecule has 1 aliphatic carbocycles. The molecule has 0 aliphatic heterocycles. The Morgan fingerprint density at radius 1 is 0.843 bits per heavy atom. The summed E-state index contributed by atoms with van der Waals surface area (Å²) in [4.78, 5) is 21.8. The summed E-state index contributed by atoms with van der Waals surface area (Å²) in [6, 6.07) is 27.7. The van der Waals surface area contributed by atoms with E-state index in [1.165, 1.54) is 38.2 Å². The van der Waals surface area contributed by atoms with Gasteiger partial charge in [-0.2, -0.15) is 0 Å². The Morgan fingerprint density at radius 3 is 2.08 bits per heavy atom. The maximum atomic E-state index is 12.1. The van der Waals surface area contributed by atoms with Gasteiger partial charge in [-0.25, -0.2) is 4.98 Å². The van der Waals surface area contributed by atoms with Crippen LogP contribution in [0.25, 0.3) is 43.9 Å². The number of benzene rings is 4. The number of carbonyl (C=O) groups excluding carboxylic acids is 1. The monoisotopic (exact) mass is 860 g/mol. The van der Waals surface area contributed by atoms with Gasteiger partial charge < -0.3 is 5.11 Å². The number of ketones is 1. The first kappa shape index (κ1) is 40.1. The number of Topliss-reactive ketones (excluding diaryl/α,β-unsaturated/α-hetero) is 1. The Bertz CT molecular complexity index is 2040. The average molecular weight is 860 g/mol. The second-order valence-electron chi connectivity index (χ2n) is 15.7. The van der Waals surface area contributed by atoms with Crippen LogP contribution in [0.4, 0.5) is 0 Å². The SMILES string of the molecule is CC(C)(C)Cc1cccc2c(-c3ncnc4c3-c3cc5ccccc5cc3C4(C)C)[c-]ccc12.CCC(CC)C(=O)/C(C)=C(\O)C(CC)CC.[Ir]. The quantitative estimate of drug-likeness (QED) is 0.0911. The molecule has 0 spiro atoms. The van der Waals surface area contributed by atoms with Crippen LogP contribution in [0.15, 0.2) is 84.4 Å². The summed E-state index contributed by atoms with van der Waals surface area (Å²) in [5.41, 5.74) is 8.82. The largest absolute Gasteiger partial charge is 0.512 e. The van der Waals surface area contributed by atoms with Crippen LogP contribution >= 0.6 is 0 Å². The van der Waals surface area contributed by atoms with Crippen molar-refractivity contribution in [2.24, 2.45) is 17.3 Å². The maximum absolute atomic E-state index is 12.1. The molecule has 1 aromatic heterocycles. The number of rotatable bonds is 9. The topological polar surface area (TPSA) is 63.1 Å². The number of hydrogen-bond acceptors (Lipinski definition) is 4. The number of aliphatic hydroxyl groups excluding tert-OH is 1. The summed E-state index contributed by atoms with van der Waals surface area (Å²) in [7, 11) is 0. The summed E-state index contributed by atoms with van der Waals surface area (Å²) in [5, 5.41) is 15.0. The van der Waals surface area contributed by atoms with Gasteiger partial charge in [-0.05, 0) is 89.7 Å². The average Bonchev–Trinajstić information content (AvgIpc) is 3.32. The third-order valence-corrected chi connectivity index (χ3v) is 10.7. The van der Waals surface area contributed by atoms with E-state index in [9.17, 15) is 9.90 Å². The van der Waals surface area contributed by atoms with E-state index < -0.39 is 0 Å². The fourth-order valence-corrected chi connectivity index (χ4v) is 7.70. The van der Waals surface area contributed by atoms with Gasteiger partial charge in [0, 0.05) is 42.9 Å². The summed E-state index contributed by atoms with van der Waals surface area (Å²) in [6.45, 7) is 21.3. The van der Waals surface area contributed by atoms with Crippen molar-refractivity contribution in [1.29, 1.82) is 0 Å². The number of aromatic nitrogens is 2. The molecule has 271 valence electrons. The number of hydrogen-bond donors (Lipinski definition) is 1. The third-order valence-electron chi connectivity index (χ3n) is 10.7. The van der Waals surface area contributed by atoms with E-state index in [1.807, 2.05) is 27.7 Å². The Kier molecular flexibility index (Phi) is 12.9. The number of nitrogens with zero attached hydrogens (tertiary/aromatic N) is 2. The van der Waals surface area contributed by atoms with Crippen LogP contribution in [-0.2, 0) is 36.7 Å². The molecule has 4 nitrogen and oxygen atoms in total. The Morgan fingerprint density at radius 2 is 1.47 bits per heavy atom. The van der Waals surface area contributed by atoms with Crippen LogP contribution in [0, 0.1) is 23.3 Å². The summed E-state index contributed by atoms with van der Waals surface area (Å²) in [6.07, 6.45) is 6.22. The van der Waals surface area contributed by atoms with Gasteiger partial charge in [0.1, 0.15) is 12.1 Å². The zero-order valence-electron chi connectivity index (χ0n) is 32.2. The Balaban J connectivity index is 0.000000294. The molecule has 0 bridgehead atoms. The molecular formula is C46H55IrN2O2-. The van der Waals surface area contributed by atoms with Crippen LogP contribution in [0.2, 0.25) is 0 Å². The van der Waals surface area contributed by atoms with Crippen molar-refractivity contribution in [3.05, 3.63) is 107 Å². The molecule has 0 saturated carbocycles. The molecule has 0 saturated heterocycles. The number of carbonyl (C=O) groups is 1. The molecule has 1 N–H and O–H groups in total. The van der Waals surface area contributed by atoms with Crippen molar-refractivity contribution >= 4 is 27.3 Å². The van der Waals surface area contributed by atoms with Gasteiger partial charge in [0.15, 0.2) is 5.78 Å². The van der Waals surface area contributed by atoms with E-state index in [0.717, 1.165) is 54.6 Å². The van der Waals surface area contributed by atoms with Gasteiger partial charge in [-0.15, -0.1) is 23.8 Å². The molecule has 0 fully saturated rings. The second kappa shape index (κ2) is 16.3. The molecule has 5 aromatic rings. The molecule has 5 heteroatoms. The van der Waals surface area contributed by atoms with Crippen LogP contribution in [0.3, 0.4) is 0 Å². The molecule has 0 unspecified atom stereocenters. The number of aliphatic hydroxyl groups is 1. The van der Waals surface area contributed by atoms with Gasteiger partial charge in [-0.3, -0.25) is 9.78 Å². The van der Waals surface area contributed by atoms with Crippen molar-refractivity contribution in [1.82, 2.24) is 9.97 Å². The minimum Gasteiger partial charge on any atom is -0.512 e. The van der Waals surface area contributed by atoms with E-state index in [-0.39, 0.29) is 48.6 Å². The van der Waals surface area contributed by atoms with E-state index in [4.69, 9.17) is 9.97 Å². The fourth-order valence-electron chi connectivity index (χ4n) is 7.70. The van der Waals surface area contributed by atoms with Crippen molar-refractivity contribution in [2.75, 3.05) is 0 Å². The molecule has 0 atom stereocenters. The van der Waals surface area contributed by atoms with E-state index >= 15 is 0 Å². The Labute approximate surface area is 319 Å². The molecule has 1 aliphatic rings. The van der Waals surface area contributed by atoms with Crippen molar-refractivity contribution < 1.29 is 30.0 Å². The van der Waals surface area contributed by atoms with Crippen LogP contribution < -0.4 is 0 Å². The minimum atomic E-state index is -0.186. The van der Waals surface area contributed by atoms with Crippen LogP contribution in [0.1, 0.15) is 112 Å². The molecule has 0 amide bonds. The van der Waals surface area contributed by atoms with E-state index in [1.54, 1.807) is 13.3 Å². The van der Waals surface area contributed by atoms with Crippen molar-refractivity contribution in [3.63, 3.8) is 0 Å². The zero-order valence-corrected chi connectivity index (χ0v) is 34.6. The van der Waals surface area contributed by atoms with Crippen LogP contribution in [-0.4, -0.2) is 20.9 Å². The molecule has 1 heterocycles. The summed E-state index contributed by atoms with van der Waals surface area (Å²) >= 11 is 0. The normalized spacial score (nSPS) is 13.7. The molecule has 1 radical (unpaired) electrons. The molecule has 51 heavy (non-hydrogen) atoms. The summed E-state index contributed by atoms with van der Waals surface area (Å²) < 4.78 is 0. The van der Waals surface area contributed by atoms with Gasteiger partial charge in [0.05, 0.1) is 5.69 Å². The standard InChI is InChI=1S/C32H29N2.C14H26O2.Ir/c1-31(2,3)18-22-12-8-14-24-23(22)13-9-15-25(24)29-28-26-16-20-10-6-7-11-21(20)17-27(26)32(4,5)30(28)34-19-33-29;1-6-11(7-2)13(15)10(5)14(16)12(8-3)9-4;/h6-14,16-17,19H,18H2,1-5H3;11-12,15H,6-9H2,1-5H3;/q-1;;/b;13-10-;. The first-order valence-corrected chi connectivity index (χ1v) is 18.5. The number of fused-ring (bicyclic) bond motifs is 5. The van der Waals surface area contributed by atoms with Crippen molar-refractivity contribution in [3.8, 4) is 22.4 Å². The van der Waals surface area contributed by atoms with Gasteiger partial charge in [-0.1, -0.05) is 121 Å². The number of allylic oxidation sites excluding steroid dienone is 2. The van der Waals surface area contributed by atoms with Crippen LogP contribution in [0.5, 0.6) is 0 Å². The van der Waals surface area contributed by atoms with Gasteiger partial charge in [0.2, 0.25) is 0 Å². The molecule has 4 aromatic carbocycles. The van der Waals surface area contributed by atoms with Crippen molar-refractivity contribution in [2.45, 2.75) is 107 Å². The first-order chi connectivity index (χ1) is 23.8. The molecular weight excluding hydrogens is 805 g/mol. The predicted molar refractivity (Wildman–Crippen MR) is 211 cm³/mol. The smallest absolute Gasteiger partial charge is 0.164 e. The maximum Gasteiger partial charge on any atom is 0.164 e.